The number of hydrogen-bond donors (Lipinski definition) is 0. The minimum absolute atomic E-state index is 0.335. The zero-order valence-electron chi connectivity index (χ0n) is 19.0. The molecule has 5 nitrogen and oxygen atoms in total. The number of benzene rings is 3. The van der Waals surface area contributed by atoms with Gasteiger partial charge in [-0.2, -0.15) is 0 Å². The van der Waals surface area contributed by atoms with Gasteiger partial charge in [-0.25, -0.2) is 4.79 Å². The second-order valence-electron chi connectivity index (χ2n) is 7.70. The van der Waals surface area contributed by atoms with Crippen LogP contribution in [0.5, 0.6) is 11.5 Å². The number of esters is 1. The highest BCUT2D eigenvalue weighted by atomic mass is 16.6. The molecule has 33 heavy (non-hydrogen) atoms. The lowest BCUT2D eigenvalue weighted by Gasteiger charge is -2.14. The largest absolute Gasteiger partial charge is 0.490 e. The van der Waals surface area contributed by atoms with Crippen molar-refractivity contribution < 1.29 is 23.7 Å². The van der Waals surface area contributed by atoms with E-state index in [1.165, 1.54) is 7.11 Å². The molecule has 1 unspecified atom stereocenters. The normalized spacial score (nSPS) is 14.4. The third kappa shape index (κ3) is 5.44. The van der Waals surface area contributed by atoms with Crippen LogP contribution >= 0.6 is 0 Å². The Morgan fingerprint density at radius 3 is 2.48 bits per heavy atom. The van der Waals surface area contributed by atoms with Crippen LogP contribution in [0, 0.1) is 0 Å². The number of para-hydroxylation sites is 1. The Kier molecular flexibility index (Phi) is 7.43. The molecule has 170 valence electrons. The van der Waals surface area contributed by atoms with Gasteiger partial charge < -0.3 is 18.9 Å². The molecule has 1 aliphatic heterocycles. The van der Waals surface area contributed by atoms with Gasteiger partial charge in [0.2, 0.25) is 0 Å². The Morgan fingerprint density at radius 1 is 1.00 bits per heavy atom. The van der Waals surface area contributed by atoms with E-state index in [1.807, 2.05) is 54.6 Å². The summed E-state index contributed by atoms with van der Waals surface area (Å²) in [4.78, 5) is 11.9. The van der Waals surface area contributed by atoms with E-state index in [-0.39, 0.29) is 5.97 Å². The summed E-state index contributed by atoms with van der Waals surface area (Å²) in [6.45, 7) is 3.08. The maximum absolute atomic E-state index is 11.9. The molecule has 0 bridgehead atoms. The van der Waals surface area contributed by atoms with Crippen molar-refractivity contribution in [3.63, 3.8) is 0 Å². The van der Waals surface area contributed by atoms with Gasteiger partial charge in [-0.1, -0.05) is 54.6 Å². The van der Waals surface area contributed by atoms with E-state index in [1.54, 1.807) is 6.92 Å². The first-order valence-corrected chi connectivity index (χ1v) is 11.1. The smallest absolute Gasteiger partial charge is 0.335 e. The van der Waals surface area contributed by atoms with E-state index in [0.717, 1.165) is 39.3 Å². The fraction of sp³-hybridized carbons (Fsp3) is 0.250. The first-order valence-electron chi connectivity index (χ1n) is 11.1. The molecule has 4 rings (SSSR count). The van der Waals surface area contributed by atoms with Crippen LogP contribution in [0.15, 0.2) is 78.9 Å². The minimum Gasteiger partial charge on any atom is -0.490 e. The Labute approximate surface area is 194 Å². The second-order valence-corrected chi connectivity index (χ2v) is 7.70. The Hall–Kier alpha value is -3.57. The lowest BCUT2D eigenvalue weighted by Crippen LogP contribution is -2.27. The average Bonchev–Trinajstić information content (AvgIpc) is 3.01. The van der Waals surface area contributed by atoms with Gasteiger partial charge in [0.15, 0.2) is 6.10 Å². The van der Waals surface area contributed by atoms with Crippen molar-refractivity contribution in [3.05, 3.63) is 101 Å². The molecule has 0 spiro atoms. The maximum Gasteiger partial charge on any atom is 0.335 e. The van der Waals surface area contributed by atoms with Gasteiger partial charge in [0.25, 0.3) is 0 Å². The molecule has 1 atom stereocenters. The summed E-state index contributed by atoms with van der Waals surface area (Å²) in [6, 6.07) is 24.1. The van der Waals surface area contributed by atoms with Gasteiger partial charge >= 0.3 is 5.97 Å². The third-order valence-electron chi connectivity index (χ3n) is 5.58. The molecule has 1 heterocycles. The average molecular weight is 445 g/mol. The van der Waals surface area contributed by atoms with Gasteiger partial charge in [0.05, 0.1) is 6.61 Å². The van der Waals surface area contributed by atoms with Crippen LogP contribution in [-0.2, 0) is 27.3 Å². The SMILES string of the molecule is CCOC(=O)C(Cc1ccc(OCC=C2c3ccccc3COc3ccccc32)cc1)OC. The number of carbonyl (C=O) groups is 1. The number of carbonyl (C=O) groups excluding carboxylic acids is 1. The number of fused-ring (bicyclic) bond motifs is 2. The minimum atomic E-state index is -0.612. The number of rotatable bonds is 8. The summed E-state index contributed by atoms with van der Waals surface area (Å²) < 4.78 is 22.4. The molecule has 5 heteroatoms. The van der Waals surface area contributed by atoms with Gasteiger partial charge in [-0.3, -0.25) is 0 Å². The van der Waals surface area contributed by atoms with Crippen molar-refractivity contribution >= 4 is 11.5 Å². The molecule has 0 N–H and O–H groups in total. The van der Waals surface area contributed by atoms with E-state index in [9.17, 15) is 4.79 Å². The van der Waals surface area contributed by atoms with Crippen LogP contribution in [-0.4, -0.2) is 32.4 Å². The van der Waals surface area contributed by atoms with Gasteiger partial charge in [-0.15, -0.1) is 0 Å². The van der Waals surface area contributed by atoms with Gasteiger partial charge in [-0.05, 0) is 53.5 Å². The van der Waals surface area contributed by atoms with Crippen molar-refractivity contribution in [2.45, 2.75) is 26.1 Å². The highest BCUT2D eigenvalue weighted by Gasteiger charge is 2.20. The van der Waals surface area contributed by atoms with Crippen LogP contribution in [0.2, 0.25) is 0 Å². The molecule has 0 aliphatic carbocycles. The van der Waals surface area contributed by atoms with E-state index >= 15 is 0 Å². The highest BCUT2D eigenvalue weighted by molar-refractivity contribution is 5.85. The zero-order chi connectivity index (χ0) is 23.0. The number of hydrogen-bond acceptors (Lipinski definition) is 5. The molecule has 0 fully saturated rings. The number of ether oxygens (including phenoxy) is 4. The molecule has 0 saturated heterocycles. The zero-order valence-corrected chi connectivity index (χ0v) is 19.0. The quantitative estimate of drug-likeness (QED) is 0.447. The molecule has 0 saturated carbocycles. The van der Waals surface area contributed by atoms with Gasteiger partial charge in [0, 0.05) is 19.1 Å². The first-order chi connectivity index (χ1) is 16.2. The Balaban J connectivity index is 1.47. The third-order valence-corrected chi connectivity index (χ3v) is 5.58. The summed E-state index contributed by atoms with van der Waals surface area (Å²) in [5.41, 5.74) is 5.45. The summed E-state index contributed by atoms with van der Waals surface area (Å²) in [5.74, 6) is 1.28. The Morgan fingerprint density at radius 2 is 1.73 bits per heavy atom. The number of methoxy groups -OCH3 is 1. The highest BCUT2D eigenvalue weighted by Crippen LogP contribution is 2.36. The van der Waals surface area contributed by atoms with Crippen molar-refractivity contribution in [2.75, 3.05) is 20.3 Å². The predicted octanol–water partition coefficient (Wildman–Crippen LogP) is 5.21. The molecule has 0 aromatic heterocycles. The van der Waals surface area contributed by atoms with E-state index in [2.05, 4.69) is 24.3 Å². The van der Waals surface area contributed by atoms with Gasteiger partial charge in [0.1, 0.15) is 24.7 Å². The first kappa shape index (κ1) is 22.6. The molecule has 0 amide bonds. The standard InChI is InChI=1S/C28H28O5/c1-3-31-28(29)27(30-2)18-20-12-14-22(15-13-20)32-17-16-24-23-9-5-4-8-21(23)19-33-26-11-7-6-10-25(24)26/h4-16,27H,3,17-19H2,1-2H3. The monoisotopic (exact) mass is 444 g/mol. The molecule has 0 radical (unpaired) electrons. The predicted molar refractivity (Wildman–Crippen MR) is 127 cm³/mol. The van der Waals surface area contributed by atoms with E-state index < -0.39 is 6.10 Å². The molecule has 3 aromatic rings. The van der Waals surface area contributed by atoms with Crippen LogP contribution in [0.25, 0.3) is 5.57 Å². The molecular weight excluding hydrogens is 416 g/mol. The van der Waals surface area contributed by atoms with Crippen LogP contribution in [0.1, 0.15) is 29.2 Å². The molecule has 3 aromatic carbocycles. The van der Waals surface area contributed by atoms with Crippen LogP contribution < -0.4 is 9.47 Å². The summed E-state index contributed by atoms with van der Waals surface area (Å²) in [5, 5.41) is 0. The maximum atomic E-state index is 11.9. The van der Waals surface area contributed by atoms with Crippen LogP contribution in [0.4, 0.5) is 0 Å². The topological polar surface area (TPSA) is 54.0 Å². The summed E-state index contributed by atoms with van der Waals surface area (Å²) >= 11 is 0. The van der Waals surface area contributed by atoms with Crippen molar-refractivity contribution in [2.24, 2.45) is 0 Å². The lowest BCUT2D eigenvalue weighted by molar-refractivity contribution is -0.154. The van der Waals surface area contributed by atoms with Crippen molar-refractivity contribution in [1.82, 2.24) is 0 Å². The fourth-order valence-corrected chi connectivity index (χ4v) is 3.90. The molecule has 1 aliphatic rings. The van der Waals surface area contributed by atoms with Crippen LogP contribution in [0.3, 0.4) is 0 Å². The molecular formula is C28H28O5. The summed E-state index contributed by atoms with van der Waals surface area (Å²) in [6.07, 6.45) is 1.94. The second kappa shape index (κ2) is 10.8. The fourth-order valence-electron chi connectivity index (χ4n) is 3.90. The van der Waals surface area contributed by atoms with E-state index in [4.69, 9.17) is 18.9 Å². The lowest BCUT2D eigenvalue weighted by atomic mass is 9.94. The van der Waals surface area contributed by atoms with Crippen molar-refractivity contribution in [1.29, 1.82) is 0 Å². The Bertz CT molecular complexity index is 1070. The van der Waals surface area contributed by atoms with E-state index in [0.29, 0.717) is 26.2 Å². The van der Waals surface area contributed by atoms with Crippen molar-refractivity contribution in [3.8, 4) is 11.5 Å². The summed E-state index contributed by atoms with van der Waals surface area (Å²) in [7, 11) is 1.52.